The lowest BCUT2D eigenvalue weighted by Crippen LogP contribution is -2.28. The number of halogens is 2. The largest absolute Gasteiger partial charge is 0.496 e. The highest BCUT2D eigenvalue weighted by atomic mass is 35.5. The number of carbonyl (C=O) groups is 2. The fraction of sp³-hybridized carbons (Fsp3) is 0.158. The van der Waals surface area contributed by atoms with Crippen LogP contribution in [0.25, 0.3) is 6.08 Å². The first kappa shape index (κ1) is 19.8. The van der Waals surface area contributed by atoms with Crippen molar-refractivity contribution in [2.24, 2.45) is 0 Å². The Hall–Kier alpha value is -2.50. The Morgan fingerprint density at radius 1 is 1.15 bits per heavy atom. The third-order valence-corrected chi connectivity index (χ3v) is 3.94. The van der Waals surface area contributed by atoms with E-state index in [1.807, 2.05) is 18.2 Å². The lowest BCUT2D eigenvalue weighted by Gasteiger charge is -2.09. The molecule has 0 aliphatic heterocycles. The van der Waals surface area contributed by atoms with Gasteiger partial charge in [-0.05, 0) is 29.8 Å². The van der Waals surface area contributed by atoms with Crippen molar-refractivity contribution >= 4 is 41.2 Å². The molecule has 0 spiro atoms. The Kier molecular flexibility index (Phi) is 7.51. The fourth-order valence-corrected chi connectivity index (χ4v) is 2.54. The summed E-state index contributed by atoms with van der Waals surface area (Å²) in [4.78, 5) is 23.5. The molecule has 2 rings (SSSR count). The molecule has 0 fully saturated rings. The highest BCUT2D eigenvalue weighted by molar-refractivity contribution is 6.35. The van der Waals surface area contributed by atoms with Gasteiger partial charge >= 0.3 is 5.97 Å². The molecule has 0 aromatic heterocycles. The standard InChI is InChI=1S/C19H17Cl2NO4/c1-25-17-5-3-2-4-14(17)11-22-18(23)12-26-19(24)9-7-13-6-8-15(20)10-16(13)21/h2-10H,11-12H2,1H3,(H,22,23)/b9-7+. The predicted molar refractivity (Wildman–Crippen MR) is 101 cm³/mol. The van der Waals surface area contributed by atoms with E-state index in [-0.39, 0.29) is 13.2 Å². The van der Waals surface area contributed by atoms with Crippen LogP contribution in [0.4, 0.5) is 0 Å². The van der Waals surface area contributed by atoms with Crippen LogP contribution in [0.15, 0.2) is 48.5 Å². The molecule has 2 aromatic rings. The van der Waals surface area contributed by atoms with E-state index in [1.165, 1.54) is 12.2 Å². The van der Waals surface area contributed by atoms with Gasteiger partial charge in [0.25, 0.3) is 5.91 Å². The molecule has 0 saturated heterocycles. The molecular weight excluding hydrogens is 377 g/mol. The fourth-order valence-electron chi connectivity index (χ4n) is 2.07. The molecule has 0 saturated carbocycles. The van der Waals surface area contributed by atoms with Crippen molar-refractivity contribution in [2.75, 3.05) is 13.7 Å². The number of carbonyl (C=O) groups excluding carboxylic acids is 2. The third kappa shape index (κ3) is 6.10. The van der Waals surface area contributed by atoms with Gasteiger partial charge in [-0.25, -0.2) is 4.79 Å². The highest BCUT2D eigenvalue weighted by Crippen LogP contribution is 2.22. The Morgan fingerprint density at radius 3 is 2.65 bits per heavy atom. The van der Waals surface area contributed by atoms with Gasteiger partial charge in [-0.2, -0.15) is 0 Å². The number of para-hydroxylation sites is 1. The molecule has 1 amide bonds. The summed E-state index contributed by atoms with van der Waals surface area (Å²) in [6.07, 6.45) is 2.69. The first-order chi connectivity index (χ1) is 12.5. The van der Waals surface area contributed by atoms with Crippen LogP contribution in [0.1, 0.15) is 11.1 Å². The number of benzene rings is 2. The topological polar surface area (TPSA) is 64.6 Å². The van der Waals surface area contributed by atoms with E-state index in [2.05, 4.69) is 5.32 Å². The highest BCUT2D eigenvalue weighted by Gasteiger charge is 2.07. The number of methoxy groups -OCH3 is 1. The minimum Gasteiger partial charge on any atom is -0.496 e. The Bertz CT molecular complexity index is 821. The van der Waals surface area contributed by atoms with E-state index < -0.39 is 11.9 Å². The van der Waals surface area contributed by atoms with Gasteiger partial charge < -0.3 is 14.8 Å². The molecule has 1 N–H and O–H groups in total. The van der Waals surface area contributed by atoms with Crippen LogP contribution in [-0.2, 0) is 20.9 Å². The zero-order chi connectivity index (χ0) is 18.9. The zero-order valence-electron chi connectivity index (χ0n) is 14.0. The van der Waals surface area contributed by atoms with Gasteiger partial charge in [0.15, 0.2) is 6.61 Å². The van der Waals surface area contributed by atoms with E-state index in [4.69, 9.17) is 32.7 Å². The van der Waals surface area contributed by atoms with Gasteiger partial charge in [-0.3, -0.25) is 4.79 Å². The first-order valence-electron chi connectivity index (χ1n) is 7.68. The van der Waals surface area contributed by atoms with Gasteiger partial charge in [-0.15, -0.1) is 0 Å². The maximum absolute atomic E-state index is 11.8. The number of rotatable bonds is 7. The quantitative estimate of drug-likeness (QED) is 0.572. The second-order valence-electron chi connectivity index (χ2n) is 5.20. The Labute approximate surface area is 161 Å². The maximum Gasteiger partial charge on any atom is 0.331 e. The van der Waals surface area contributed by atoms with Crippen LogP contribution in [-0.4, -0.2) is 25.6 Å². The maximum atomic E-state index is 11.8. The summed E-state index contributed by atoms with van der Waals surface area (Å²) in [7, 11) is 1.56. The van der Waals surface area contributed by atoms with E-state index in [0.717, 1.165) is 5.56 Å². The average molecular weight is 394 g/mol. The number of ether oxygens (including phenoxy) is 2. The lowest BCUT2D eigenvalue weighted by molar-refractivity contribution is -0.143. The van der Waals surface area contributed by atoms with Crippen LogP contribution >= 0.6 is 23.2 Å². The SMILES string of the molecule is COc1ccccc1CNC(=O)COC(=O)/C=C/c1ccc(Cl)cc1Cl. The van der Waals surface area contributed by atoms with Crippen LogP contribution in [0.5, 0.6) is 5.75 Å². The van der Waals surface area contributed by atoms with Crippen molar-refractivity contribution in [3.8, 4) is 5.75 Å². The number of amides is 1. The number of esters is 1. The zero-order valence-corrected chi connectivity index (χ0v) is 15.5. The molecule has 5 nitrogen and oxygen atoms in total. The average Bonchev–Trinajstić information content (AvgIpc) is 2.64. The Balaban J connectivity index is 1.79. The minimum atomic E-state index is -0.650. The van der Waals surface area contributed by atoms with Crippen molar-refractivity contribution in [1.82, 2.24) is 5.32 Å². The lowest BCUT2D eigenvalue weighted by atomic mass is 10.2. The molecule has 0 radical (unpaired) electrons. The summed E-state index contributed by atoms with van der Waals surface area (Å²) in [5.41, 5.74) is 1.44. The van der Waals surface area contributed by atoms with Crippen LogP contribution in [0, 0.1) is 0 Å². The summed E-state index contributed by atoms with van der Waals surface area (Å²) in [5.74, 6) is -0.391. The second-order valence-corrected chi connectivity index (χ2v) is 6.04. The summed E-state index contributed by atoms with van der Waals surface area (Å²) >= 11 is 11.8. The van der Waals surface area contributed by atoms with Crippen LogP contribution < -0.4 is 10.1 Å². The molecule has 0 atom stereocenters. The van der Waals surface area contributed by atoms with Gasteiger partial charge in [-0.1, -0.05) is 47.5 Å². The Morgan fingerprint density at radius 2 is 1.92 bits per heavy atom. The molecule has 0 aliphatic carbocycles. The second kappa shape index (κ2) is 9.85. The number of hydrogen-bond donors (Lipinski definition) is 1. The summed E-state index contributed by atoms with van der Waals surface area (Å²) in [6.45, 7) is -0.108. The van der Waals surface area contributed by atoms with Gasteiger partial charge in [0.2, 0.25) is 0 Å². The van der Waals surface area contributed by atoms with Crippen molar-refractivity contribution < 1.29 is 19.1 Å². The predicted octanol–water partition coefficient (Wildman–Crippen LogP) is 3.87. The summed E-state index contributed by atoms with van der Waals surface area (Å²) in [5, 5.41) is 3.58. The van der Waals surface area contributed by atoms with Gasteiger partial charge in [0.1, 0.15) is 5.75 Å². The molecule has 0 unspecified atom stereocenters. The smallest absolute Gasteiger partial charge is 0.331 e. The summed E-state index contributed by atoms with van der Waals surface area (Å²) in [6, 6.07) is 12.2. The van der Waals surface area contributed by atoms with Crippen molar-refractivity contribution in [3.63, 3.8) is 0 Å². The van der Waals surface area contributed by atoms with Gasteiger partial charge in [0, 0.05) is 28.2 Å². The van der Waals surface area contributed by atoms with Crippen molar-refractivity contribution in [2.45, 2.75) is 6.54 Å². The normalized spacial score (nSPS) is 10.6. The molecular formula is C19H17Cl2NO4. The summed E-state index contributed by atoms with van der Waals surface area (Å²) < 4.78 is 10.1. The molecule has 7 heteroatoms. The van der Waals surface area contributed by atoms with Crippen molar-refractivity contribution in [1.29, 1.82) is 0 Å². The van der Waals surface area contributed by atoms with E-state index >= 15 is 0 Å². The monoisotopic (exact) mass is 393 g/mol. The van der Waals surface area contributed by atoms with E-state index in [1.54, 1.807) is 31.4 Å². The first-order valence-corrected chi connectivity index (χ1v) is 8.43. The number of nitrogens with one attached hydrogen (secondary N) is 1. The third-order valence-electron chi connectivity index (χ3n) is 3.38. The molecule has 2 aromatic carbocycles. The number of hydrogen-bond acceptors (Lipinski definition) is 4. The molecule has 26 heavy (non-hydrogen) atoms. The van der Waals surface area contributed by atoms with Crippen molar-refractivity contribution in [3.05, 3.63) is 69.7 Å². The molecule has 0 heterocycles. The van der Waals surface area contributed by atoms with Crippen LogP contribution in [0.3, 0.4) is 0 Å². The minimum absolute atomic E-state index is 0.274. The van der Waals surface area contributed by atoms with E-state index in [0.29, 0.717) is 21.4 Å². The molecule has 0 bridgehead atoms. The van der Waals surface area contributed by atoms with Gasteiger partial charge in [0.05, 0.1) is 7.11 Å². The molecule has 0 aliphatic rings. The van der Waals surface area contributed by atoms with E-state index in [9.17, 15) is 9.59 Å². The molecule has 136 valence electrons. The van der Waals surface area contributed by atoms with Crippen LogP contribution in [0.2, 0.25) is 10.0 Å².